The third-order valence-corrected chi connectivity index (χ3v) is 3.69. The van der Waals surface area contributed by atoms with Crippen molar-refractivity contribution in [2.45, 2.75) is 38.7 Å². The first-order valence-corrected chi connectivity index (χ1v) is 6.56. The molecule has 0 aliphatic heterocycles. The van der Waals surface area contributed by atoms with Crippen molar-refractivity contribution in [1.82, 2.24) is 0 Å². The predicted octanol–water partition coefficient (Wildman–Crippen LogP) is 4.55. The van der Waals surface area contributed by atoms with Crippen LogP contribution in [0.3, 0.4) is 0 Å². The third kappa shape index (κ3) is 2.97. The second-order valence-corrected chi connectivity index (χ2v) is 5.44. The zero-order valence-corrected chi connectivity index (χ0v) is 11.0. The summed E-state index contributed by atoms with van der Waals surface area (Å²) in [4.78, 5) is 0. The number of hydrogen-bond donors (Lipinski definition) is 0. The number of rotatable bonds is 2. The predicted molar refractivity (Wildman–Crippen MR) is 66.1 cm³/mol. The fraction of sp³-hybridized carbons (Fsp3) is 0.538. The molecule has 88 valence electrons. The molecule has 1 saturated carbocycles. The third-order valence-electron chi connectivity index (χ3n) is 3.08. The number of benzene rings is 1. The van der Waals surface area contributed by atoms with Crippen LogP contribution in [-0.4, -0.2) is 6.10 Å². The highest BCUT2D eigenvalue weighted by Gasteiger charge is 2.20. The van der Waals surface area contributed by atoms with E-state index in [4.69, 9.17) is 4.74 Å². The Bertz CT molecular complexity index is 367. The van der Waals surface area contributed by atoms with Crippen LogP contribution in [-0.2, 0) is 0 Å². The van der Waals surface area contributed by atoms with E-state index in [2.05, 4.69) is 22.9 Å². The topological polar surface area (TPSA) is 9.23 Å². The molecule has 0 aromatic heterocycles. The Morgan fingerprint density at radius 2 is 2.19 bits per heavy atom. The molecule has 1 aliphatic rings. The van der Waals surface area contributed by atoms with Gasteiger partial charge in [-0.1, -0.05) is 13.3 Å². The normalized spacial score (nSPS) is 25.4. The molecule has 3 heteroatoms. The van der Waals surface area contributed by atoms with Gasteiger partial charge in [0.15, 0.2) is 0 Å². The molecule has 0 bridgehead atoms. The van der Waals surface area contributed by atoms with Crippen LogP contribution in [0.2, 0.25) is 0 Å². The summed E-state index contributed by atoms with van der Waals surface area (Å²) < 4.78 is 19.4. The second kappa shape index (κ2) is 5.17. The summed E-state index contributed by atoms with van der Waals surface area (Å²) >= 11 is 3.17. The fourth-order valence-corrected chi connectivity index (χ4v) is 2.59. The van der Waals surface area contributed by atoms with Crippen LogP contribution in [0.5, 0.6) is 5.75 Å². The molecular weight excluding hydrogens is 271 g/mol. The van der Waals surface area contributed by atoms with Crippen molar-refractivity contribution in [3.05, 3.63) is 28.5 Å². The van der Waals surface area contributed by atoms with Gasteiger partial charge in [0.25, 0.3) is 0 Å². The maximum absolute atomic E-state index is 13.0. The van der Waals surface area contributed by atoms with Crippen molar-refractivity contribution in [3.8, 4) is 5.75 Å². The van der Waals surface area contributed by atoms with E-state index in [1.54, 1.807) is 12.1 Å². The fourth-order valence-electron chi connectivity index (χ4n) is 2.23. The Balaban J connectivity index is 2.00. The molecule has 16 heavy (non-hydrogen) atoms. The van der Waals surface area contributed by atoms with Crippen molar-refractivity contribution in [3.63, 3.8) is 0 Å². The summed E-state index contributed by atoms with van der Waals surface area (Å²) in [7, 11) is 0. The van der Waals surface area contributed by atoms with E-state index in [1.165, 1.54) is 18.9 Å². The van der Waals surface area contributed by atoms with E-state index >= 15 is 0 Å². The van der Waals surface area contributed by atoms with Gasteiger partial charge in [-0.15, -0.1) is 0 Å². The molecule has 1 aromatic carbocycles. The van der Waals surface area contributed by atoms with Gasteiger partial charge in [0.1, 0.15) is 11.6 Å². The van der Waals surface area contributed by atoms with E-state index in [-0.39, 0.29) is 5.82 Å². The van der Waals surface area contributed by atoms with Crippen LogP contribution in [0.1, 0.15) is 32.6 Å². The maximum Gasteiger partial charge on any atom is 0.137 e. The monoisotopic (exact) mass is 286 g/mol. The molecule has 2 atom stereocenters. The second-order valence-electron chi connectivity index (χ2n) is 4.59. The minimum atomic E-state index is -0.246. The molecule has 1 fully saturated rings. The highest BCUT2D eigenvalue weighted by atomic mass is 79.9. The molecular formula is C13H16BrFO. The Labute approximate surface area is 104 Å². The largest absolute Gasteiger partial charge is 0.490 e. The molecule has 1 aliphatic carbocycles. The summed E-state index contributed by atoms with van der Waals surface area (Å²) in [6.45, 7) is 2.26. The Morgan fingerprint density at radius 3 is 2.88 bits per heavy atom. The lowest BCUT2D eigenvalue weighted by atomic mass is 9.89. The summed E-state index contributed by atoms with van der Waals surface area (Å²) in [6, 6.07) is 4.83. The van der Waals surface area contributed by atoms with Crippen molar-refractivity contribution in [2.75, 3.05) is 0 Å². The zero-order chi connectivity index (χ0) is 11.5. The summed E-state index contributed by atoms with van der Waals surface area (Å²) in [6.07, 6.45) is 5.04. The number of ether oxygens (including phenoxy) is 1. The average molecular weight is 287 g/mol. The molecule has 2 rings (SSSR count). The van der Waals surface area contributed by atoms with E-state index < -0.39 is 0 Å². The average Bonchev–Trinajstić information content (AvgIpc) is 2.24. The lowest BCUT2D eigenvalue weighted by molar-refractivity contribution is 0.129. The van der Waals surface area contributed by atoms with Crippen LogP contribution < -0.4 is 4.74 Å². The Morgan fingerprint density at radius 1 is 1.38 bits per heavy atom. The van der Waals surface area contributed by atoms with Crippen molar-refractivity contribution < 1.29 is 9.13 Å². The molecule has 0 N–H and O–H groups in total. The molecule has 0 saturated heterocycles. The van der Waals surface area contributed by atoms with Gasteiger partial charge in [0.2, 0.25) is 0 Å². The van der Waals surface area contributed by atoms with Gasteiger partial charge < -0.3 is 4.74 Å². The van der Waals surface area contributed by atoms with Crippen LogP contribution in [0.25, 0.3) is 0 Å². The van der Waals surface area contributed by atoms with Crippen LogP contribution in [0.4, 0.5) is 4.39 Å². The van der Waals surface area contributed by atoms with Gasteiger partial charge in [-0.2, -0.15) is 0 Å². The molecule has 0 heterocycles. The zero-order valence-electron chi connectivity index (χ0n) is 9.38. The van der Waals surface area contributed by atoms with Crippen molar-refractivity contribution >= 4 is 15.9 Å². The van der Waals surface area contributed by atoms with E-state index in [9.17, 15) is 4.39 Å². The van der Waals surface area contributed by atoms with Crippen molar-refractivity contribution in [1.29, 1.82) is 0 Å². The Kier molecular flexibility index (Phi) is 3.85. The lowest BCUT2D eigenvalue weighted by Crippen LogP contribution is -2.24. The van der Waals surface area contributed by atoms with Gasteiger partial charge in [-0.25, -0.2) is 4.39 Å². The van der Waals surface area contributed by atoms with E-state index in [0.717, 1.165) is 24.5 Å². The van der Waals surface area contributed by atoms with Gasteiger partial charge in [-0.3, -0.25) is 0 Å². The molecule has 2 unspecified atom stereocenters. The van der Waals surface area contributed by atoms with Gasteiger partial charge >= 0.3 is 0 Å². The van der Waals surface area contributed by atoms with Gasteiger partial charge in [-0.05, 0) is 59.3 Å². The molecule has 0 spiro atoms. The van der Waals surface area contributed by atoms with Crippen LogP contribution >= 0.6 is 15.9 Å². The number of hydrogen-bond acceptors (Lipinski definition) is 1. The summed E-state index contributed by atoms with van der Waals surface area (Å²) in [5.74, 6) is 1.25. The minimum Gasteiger partial charge on any atom is -0.490 e. The van der Waals surface area contributed by atoms with Crippen molar-refractivity contribution in [2.24, 2.45) is 5.92 Å². The Hall–Kier alpha value is -0.570. The molecule has 0 amide bonds. The smallest absolute Gasteiger partial charge is 0.137 e. The molecule has 0 radical (unpaired) electrons. The number of halogens is 2. The first-order valence-electron chi connectivity index (χ1n) is 5.77. The maximum atomic E-state index is 13.0. The standard InChI is InChI=1S/C13H16BrFO/c1-9-3-2-4-10(7-9)16-11-5-6-13(15)12(14)8-11/h5-6,8-10H,2-4,7H2,1H3. The lowest BCUT2D eigenvalue weighted by Gasteiger charge is -2.27. The van der Waals surface area contributed by atoms with Gasteiger partial charge in [0, 0.05) is 0 Å². The van der Waals surface area contributed by atoms with Crippen LogP contribution in [0.15, 0.2) is 22.7 Å². The van der Waals surface area contributed by atoms with Crippen LogP contribution in [0, 0.1) is 11.7 Å². The summed E-state index contributed by atoms with van der Waals surface area (Å²) in [5, 5.41) is 0. The molecule has 1 aromatic rings. The van der Waals surface area contributed by atoms with E-state index in [0.29, 0.717) is 10.6 Å². The molecule has 1 nitrogen and oxygen atoms in total. The van der Waals surface area contributed by atoms with Gasteiger partial charge in [0.05, 0.1) is 10.6 Å². The first-order chi connectivity index (χ1) is 7.65. The van der Waals surface area contributed by atoms with E-state index in [1.807, 2.05) is 0 Å². The summed E-state index contributed by atoms with van der Waals surface area (Å²) in [5.41, 5.74) is 0. The highest BCUT2D eigenvalue weighted by Crippen LogP contribution is 2.29. The first kappa shape index (κ1) is 11.9. The highest BCUT2D eigenvalue weighted by molar-refractivity contribution is 9.10. The SMILES string of the molecule is CC1CCCC(Oc2ccc(F)c(Br)c2)C1. The quantitative estimate of drug-likeness (QED) is 0.775. The minimum absolute atomic E-state index is 0.246.